The molecule has 3 rings (SSSR count). The zero-order valence-electron chi connectivity index (χ0n) is 11.9. The average Bonchev–Trinajstić information content (AvgIpc) is 2.52. The zero-order valence-corrected chi connectivity index (χ0v) is 12.8. The summed E-state index contributed by atoms with van der Waals surface area (Å²) in [6.45, 7) is 2.27. The number of carbonyl (C=O) groups is 1. The quantitative estimate of drug-likeness (QED) is 0.817. The lowest BCUT2D eigenvalue weighted by atomic mass is 10.1. The number of ether oxygens (including phenoxy) is 1. The van der Waals surface area contributed by atoms with Crippen molar-refractivity contribution >= 4 is 23.5 Å². The van der Waals surface area contributed by atoms with Crippen LogP contribution in [0.1, 0.15) is 12.5 Å². The molecule has 1 aromatic carbocycles. The summed E-state index contributed by atoms with van der Waals surface area (Å²) in [7, 11) is 0. The highest BCUT2D eigenvalue weighted by Crippen LogP contribution is 2.32. The molecule has 1 amide bonds. The van der Waals surface area contributed by atoms with Crippen LogP contribution in [0.3, 0.4) is 0 Å². The van der Waals surface area contributed by atoms with Gasteiger partial charge in [0.15, 0.2) is 17.7 Å². The van der Waals surface area contributed by atoms with Crippen LogP contribution in [0.4, 0.5) is 5.82 Å². The van der Waals surface area contributed by atoms with Gasteiger partial charge in [-0.3, -0.25) is 9.69 Å². The fraction of sp³-hybridized carbons (Fsp3) is 0.250. The molecule has 1 unspecified atom stereocenters. The predicted molar refractivity (Wildman–Crippen MR) is 83.7 cm³/mol. The Bertz CT molecular complexity index is 658. The third-order valence-corrected chi connectivity index (χ3v) is 4.17. The van der Waals surface area contributed by atoms with Gasteiger partial charge in [-0.25, -0.2) is 4.98 Å². The van der Waals surface area contributed by atoms with Gasteiger partial charge in [-0.2, -0.15) is 0 Å². The number of carbonyl (C=O) groups excluding carboxylic acids is 1. The summed E-state index contributed by atoms with van der Waals surface area (Å²) >= 11 is 1.70. The fourth-order valence-corrected chi connectivity index (χ4v) is 2.72. The Labute approximate surface area is 128 Å². The van der Waals surface area contributed by atoms with Crippen molar-refractivity contribution in [1.29, 1.82) is 0 Å². The molecule has 0 fully saturated rings. The monoisotopic (exact) mass is 300 g/mol. The van der Waals surface area contributed by atoms with E-state index in [1.165, 1.54) is 4.90 Å². The van der Waals surface area contributed by atoms with Crippen LogP contribution in [-0.2, 0) is 11.3 Å². The number of anilines is 1. The molecule has 108 valence electrons. The second kappa shape index (κ2) is 5.77. The summed E-state index contributed by atoms with van der Waals surface area (Å²) in [5.74, 6) is 1.19. The molecule has 2 aromatic rings. The highest BCUT2D eigenvalue weighted by atomic mass is 32.2. The third kappa shape index (κ3) is 2.74. The lowest BCUT2D eigenvalue weighted by Crippen LogP contribution is -2.44. The second-order valence-electron chi connectivity index (χ2n) is 4.86. The van der Waals surface area contributed by atoms with Crippen molar-refractivity contribution in [3.05, 3.63) is 48.2 Å². The van der Waals surface area contributed by atoms with E-state index in [9.17, 15) is 4.79 Å². The molecular formula is C16H16N2O2S. The normalized spacial score (nSPS) is 17.3. The maximum atomic E-state index is 12.4. The summed E-state index contributed by atoms with van der Waals surface area (Å²) in [5.41, 5.74) is 1.08. The smallest absolute Gasteiger partial charge is 0.269 e. The summed E-state index contributed by atoms with van der Waals surface area (Å²) in [5, 5.41) is 0. The molecule has 1 aromatic heterocycles. The van der Waals surface area contributed by atoms with Crippen LogP contribution < -0.4 is 9.64 Å². The van der Waals surface area contributed by atoms with Gasteiger partial charge in [-0.15, -0.1) is 11.8 Å². The van der Waals surface area contributed by atoms with Crippen LogP contribution in [0, 0.1) is 0 Å². The van der Waals surface area contributed by atoms with Gasteiger partial charge in [0, 0.05) is 11.1 Å². The fourth-order valence-electron chi connectivity index (χ4n) is 2.31. The first-order chi connectivity index (χ1) is 10.2. The highest BCUT2D eigenvalue weighted by molar-refractivity contribution is 7.98. The number of rotatable bonds is 3. The van der Waals surface area contributed by atoms with Crippen molar-refractivity contribution in [1.82, 2.24) is 4.98 Å². The molecule has 0 saturated carbocycles. The van der Waals surface area contributed by atoms with Gasteiger partial charge in [0.05, 0.1) is 6.54 Å². The van der Waals surface area contributed by atoms with Gasteiger partial charge in [-0.1, -0.05) is 12.1 Å². The minimum Gasteiger partial charge on any atom is -0.477 e. The van der Waals surface area contributed by atoms with Crippen LogP contribution >= 0.6 is 11.8 Å². The molecule has 2 heterocycles. The molecular weight excluding hydrogens is 284 g/mol. The number of fused-ring (bicyclic) bond motifs is 1. The van der Waals surface area contributed by atoms with E-state index in [-0.39, 0.29) is 5.91 Å². The molecule has 0 radical (unpaired) electrons. The first-order valence-corrected chi connectivity index (χ1v) is 7.97. The van der Waals surface area contributed by atoms with Gasteiger partial charge in [0.1, 0.15) is 0 Å². The van der Waals surface area contributed by atoms with Crippen LogP contribution in [0.5, 0.6) is 5.75 Å². The Morgan fingerprint density at radius 3 is 2.76 bits per heavy atom. The van der Waals surface area contributed by atoms with E-state index < -0.39 is 6.10 Å². The molecule has 1 atom stereocenters. The maximum Gasteiger partial charge on any atom is 0.269 e. The van der Waals surface area contributed by atoms with E-state index in [1.54, 1.807) is 29.8 Å². The van der Waals surface area contributed by atoms with Gasteiger partial charge in [-0.05, 0) is 43.0 Å². The van der Waals surface area contributed by atoms with Gasteiger partial charge >= 0.3 is 0 Å². The van der Waals surface area contributed by atoms with Crippen LogP contribution in [0.2, 0.25) is 0 Å². The molecule has 0 spiro atoms. The van der Waals surface area contributed by atoms with Crippen molar-refractivity contribution in [2.45, 2.75) is 24.5 Å². The number of hydrogen-bond acceptors (Lipinski definition) is 4. The average molecular weight is 300 g/mol. The molecule has 0 bridgehead atoms. The minimum absolute atomic E-state index is 0.0601. The van der Waals surface area contributed by atoms with Crippen molar-refractivity contribution in [2.24, 2.45) is 0 Å². The number of hydrogen-bond donors (Lipinski definition) is 0. The zero-order chi connectivity index (χ0) is 14.8. The summed E-state index contributed by atoms with van der Waals surface area (Å²) < 4.78 is 5.59. The molecule has 4 nitrogen and oxygen atoms in total. The predicted octanol–water partition coefficient (Wildman–Crippen LogP) is 3.12. The van der Waals surface area contributed by atoms with Crippen molar-refractivity contribution in [3.63, 3.8) is 0 Å². The minimum atomic E-state index is -0.479. The molecule has 1 aliphatic heterocycles. The molecule has 5 heteroatoms. The van der Waals surface area contributed by atoms with Crippen molar-refractivity contribution in [2.75, 3.05) is 11.2 Å². The Morgan fingerprint density at radius 2 is 2.05 bits per heavy atom. The number of pyridine rings is 1. The van der Waals surface area contributed by atoms with Crippen molar-refractivity contribution in [3.8, 4) is 5.75 Å². The topological polar surface area (TPSA) is 42.4 Å². The van der Waals surface area contributed by atoms with Crippen molar-refractivity contribution < 1.29 is 9.53 Å². The van der Waals surface area contributed by atoms with E-state index in [4.69, 9.17) is 4.74 Å². The molecule has 21 heavy (non-hydrogen) atoms. The van der Waals surface area contributed by atoms with E-state index >= 15 is 0 Å². The molecule has 0 aliphatic carbocycles. The summed E-state index contributed by atoms with van der Waals surface area (Å²) in [4.78, 5) is 19.6. The van der Waals surface area contributed by atoms with Crippen LogP contribution in [0.15, 0.2) is 47.5 Å². The summed E-state index contributed by atoms with van der Waals surface area (Å²) in [6, 6.07) is 11.9. The standard InChI is InChI=1S/C16H16N2O2S/c1-11-16(19)18(15-14(20-11)4-3-9-17-15)10-12-5-7-13(21-2)8-6-12/h3-9,11H,10H2,1-2H3. The van der Waals surface area contributed by atoms with Gasteiger partial charge in [0.25, 0.3) is 5.91 Å². The lowest BCUT2D eigenvalue weighted by Gasteiger charge is -2.31. The number of benzene rings is 1. The van der Waals surface area contributed by atoms with E-state index in [0.29, 0.717) is 18.1 Å². The molecule has 0 saturated heterocycles. The van der Waals surface area contributed by atoms with Gasteiger partial charge in [0.2, 0.25) is 0 Å². The Hall–Kier alpha value is -2.01. The van der Waals surface area contributed by atoms with E-state index in [0.717, 1.165) is 5.56 Å². The van der Waals surface area contributed by atoms with Gasteiger partial charge < -0.3 is 4.74 Å². The SMILES string of the molecule is CSc1ccc(CN2C(=O)C(C)Oc3cccnc32)cc1. The third-order valence-electron chi connectivity index (χ3n) is 3.42. The van der Waals surface area contributed by atoms with E-state index in [1.807, 2.05) is 30.5 Å². The molecule has 1 aliphatic rings. The molecule has 0 N–H and O–H groups in total. The first-order valence-electron chi connectivity index (χ1n) is 6.75. The number of amides is 1. The largest absolute Gasteiger partial charge is 0.477 e. The summed E-state index contributed by atoms with van der Waals surface area (Å²) in [6.07, 6.45) is 3.24. The Balaban J connectivity index is 1.90. The highest BCUT2D eigenvalue weighted by Gasteiger charge is 2.32. The maximum absolute atomic E-state index is 12.4. The lowest BCUT2D eigenvalue weighted by molar-refractivity contribution is -0.125. The van der Waals surface area contributed by atoms with Crippen LogP contribution in [0.25, 0.3) is 0 Å². The first kappa shape index (κ1) is 13.9. The second-order valence-corrected chi connectivity index (χ2v) is 5.74. The Morgan fingerprint density at radius 1 is 1.29 bits per heavy atom. The number of thioether (sulfide) groups is 1. The number of nitrogens with zero attached hydrogens (tertiary/aromatic N) is 2. The Kier molecular flexibility index (Phi) is 3.84. The van der Waals surface area contributed by atoms with Crippen LogP contribution in [-0.4, -0.2) is 23.3 Å². The number of aromatic nitrogens is 1. The van der Waals surface area contributed by atoms with E-state index in [2.05, 4.69) is 17.1 Å².